The minimum Gasteiger partial charge on any atom is -0.394 e. The lowest BCUT2D eigenvalue weighted by Crippen LogP contribution is -2.10. The van der Waals surface area contributed by atoms with Gasteiger partial charge in [0.15, 0.2) is 0 Å². The average Bonchev–Trinajstić information content (AvgIpc) is 2.34. The summed E-state index contributed by atoms with van der Waals surface area (Å²) in [6.45, 7) is -0.107. The van der Waals surface area contributed by atoms with Crippen LogP contribution in [0.1, 0.15) is 37.7 Å². The van der Waals surface area contributed by atoms with Gasteiger partial charge < -0.3 is 10.2 Å². The van der Waals surface area contributed by atoms with Crippen LogP contribution in [0.3, 0.4) is 0 Å². The second-order valence-corrected chi connectivity index (χ2v) is 4.27. The van der Waals surface area contributed by atoms with Gasteiger partial charge in [-0.15, -0.1) is 0 Å². The van der Waals surface area contributed by atoms with E-state index in [0.717, 1.165) is 25.7 Å². The van der Waals surface area contributed by atoms with E-state index in [1.54, 1.807) is 0 Å². The largest absolute Gasteiger partial charge is 0.394 e. The van der Waals surface area contributed by atoms with E-state index in [1.807, 2.05) is 6.07 Å². The van der Waals surface area contributed by atoms with Crippen molar-refractivity contribution in [2.24, 2.45) is 0 Å². The molecule has 0 saturated carbocycles. The molecule has 0 amide bonds. The summed E-state index contributed by atoms with van der Waals surface area (Å²) >= 11 is 0. The topological polar surface area (TPSA) is 40.5 Å². The fourth-order valence-electron chi connectivity index (χ4n) is 1.80. The second kappa shape index (κ2) is 8.31. The van der Waals surface area contributed by atoms with E-state index < -0.39 is 6.10 Å². The molecule has 2 nitrogen and oxygen atoms in total. The maximum atomic E-state index is 9.14. The Labute approximate surface area is 97.9 Å². The Morgan fingerprint density at radius 3 is 2.31 bits per heavy atom. The van der Waals surface area contributed by atoms with E-state index >= 15 is 0 Å². The summed E-state index contributed by atoms with van der Waals surface area (Å²) in [5.74, 6) is 0. The van der Waals surface area contributed by atoms with Crippen LogP contribution in [0.4, 0.5) is 0 Å². The Hall–Kier alpha value is -0.860. The molecule has 1 aromatic carbocycles. The third-order valence-corrected chi connectivity index (χ3v) is 2.81. The monoisotopic (exact) mass is 222 g/mol. The van der Waals surface area contributed by atoms with Crippen molar-refractivity contribution in [3.63, 3.8) is 0 Å². The maximum Gasteiger partial charge on any atom is 0.0770 e. The van der Waals surface area contributed by atoms with Crippen LogP contribution in [0.5, 0.6) is 0 Å². The summed E-state index contributed by atoms with van der Waals surface area (Å²) in [6, 6.07) is 10.5. The molecule has 1 aromatic rings. The molecule has 0 aromatic heterocycles. The molecule has 1 rings (SSSR count). The molecule has 2 heteroatoms. The standard InChI is InChI=1S/C14H22O2/c15-12-14(16)11-7-2-1-4-8-13-9-5-3-6-10-13/h3,5-6,9-10,14-16H,1-2,4,7-8,11-12H2. The number of hydrogen-bond donors (Lipinski definition) is 2. The zero-order valence-electron chi connectivity index (χ0n) is 9.81. The normalized spacial score (nSPS) is 12.6. The van der Waals surface area contributed by atoms with Crippen molar-refractivity contribution in [3.8, 4) is 0 Å². The highest BCUT2D eigenvalue weighted by molar-refractivity contribution is 5.14. The van der Waals surface area contributed by atoms with Crippen molar-refractivity contribution in [2.75, 3.05) is 6.61 Å². The van der Waals surface area contributed by atoms with Crippen LogP contribution in [-0.2, 0) is 6.42 Å². The number of aliphatic hydroxyl groups is 2. The molecule has 2 N–H and O–H groups in total. The van der Waals surface area contributed by atoms with Gasteiger partial charge >= 0.3 is 0 Å². The first-order valence-corrected chi connectivity index (χ1v) is 6.16. The number of aliphatic hydroxyl groups excluding tert-OH is 2. The van der Waals surface area contributed by atoms with Crippen molar-refractivity contribution >= 4 is 0 Å². The smallest absolute Gasteiger partial charge is 0.0770 e. The summed E-state index contributed by atoms with van der Waals surface area (Å²) in [5.41, 5.74) is 1.40. The third-order valence-electron chi connectivity index (χ3n) is 2.81. The Balaban J connectivity index is 1.96. The number of aryl methyl sites for hydroxylation is 1. The van der Waals surface area contributed by atoms with E-state index in [9.17, 15) is 0 Å². The molecule has 0 spiro atoms. The molecule has 0 radical (unpaired) electrons. The molecule has 1 unspecified atom stereocenters. The maximum absolute atomic E-state index is 9.14. The molecular weight excluding hydrogens is 200 g/mol. The Kier molecular flexibility index (Phi) is 6.86. The predicted octanol–water partition coefficient (Wildman–Crippen LogP) is 2.53. The molecule has 0 aliphatic heterocycles. The Morgan fingerprint density at radius 2 is 1.62 bits per heavy atom. The number of hydrogen-bond acceptors (Lipinski definition) is 2. The van der Waals surface area contributed by atoms with Crippen molar-refractivity contribution in [1.82, 2.24) is 0 Å². The van der Waals surface area contributed by atoms with Gasteiger partial charge in [0.05, 0.1) is 12.7 Å². The fraction of sp³-hybridized carbons (Fsp3) is 0.571. The lowest BCUT2D eigenvalue weighted by atomic mass is 10.0. The summed E-state index contributed by atoms with van der Waals surface area (Å²) in [4.78, 5) is 0. The fourth-order valence-corrected chi connectivity index (χ4v) is 1.80. The number of benzene rings is 1. The van der Waals surface area contributed by atoms with Crippen LogP contribution in [0.2, 0.25) is 0 Å². The minimum absolute atomic E-state index is 0.107. The van der Waals surface area contributed by atoms with Crippen LogP contribution in [0.15, 0.2) is 30.3 Å². The zero-order valence-corrected chi connectivity index (χ0v) is 9.81. The van der Waals surface area contributed by atoms with Gasteiger partial charge in [-0.1, -0.05) is 49.6 Å². The SMILES string of the molecule is OCC(O)CCCCCCc1ccccc1. The van der Waals surface area contributed by atoms with Gasteiger partial charge in [-0.3, -0.25) is 0 Å². The van der Waals surface area contributed by atoms with E-state index in [2.05, 4.69) is 24.3 Å². The third kappa shape index (κ3) is 5.89. The van der Waals surface area contributed by atoms with E-state index in [0.29, 0.717) is 0 Å². The molecule has 0 aliphatic rings. The van der Waals surface area contributed by atoms with Gasteiger partial charge in [-0.05, 0) is 24.8 Å². The summed E-state index contributed by atoms with van der Waals surface area (Å²) in [6.07, 6.45) is 5.91. The van der Waals surface area contributed by atoms with Gasteiger partial charge in [0, 0.05) is 0 Å². The van der Waals surface area contributed by atoms with Gasteiger partial charge in [0.1, 0.15) is 0 Å². The second-order valence-electron chi connectivity index (χ2n) is 4.27. The zero-order chi connectivity index (χ0) is 11.6. The molecule has 90 valence electrons. The van der Waals surface area contributed by atoms with Crippen LogP contribution in [0, 0.1) is 0 Å². The summed E-state index contributed by atoms with van der Waals surface area (Å²) in [5, 5.41) is 17.8. The van der Waals surface area contributed by atoms with E-state index in [1.165, 1.54) is 18.4 Å². The van der Waals surface area contributed by atoms with E-state index in [-0.39, 0.29) is 6.61 Å². The first-order chi connectivity index (χ1) is 7.83. The average molecular weight is 222 g/mol. The number of rotatable bonds is 8. The van der Waals surface area contributed by atoms with Crippen molar-refractivity contribution in [3.05, 3.63) is 35.9 Å². The van der Waals surface area contributed by atoms with Crippen LogP contribution in [0.25, 0.3) is 0 Å². The molecule has 0 aliphatic carbocycles. The number of unbranched alkanes of at least 4 members (excludes halogenated alkanes) is 3. The Morgan fingerprint density at radius 1 is 0.938 bits per heavy atom. The molecule has 0 saturated heterocycles. The Bertz CT molecular complexity index is 259. The lowest BCUT2D eigenvalue weighted by molar-refractivity contribution is 0.0860. The van der Waals surface area contributed by atoms with Crippen LogP contribution >= 0.6 is 0 Å². The highest BCUT2D eigenvalue weighted by atomic mass is 16.3. The highest BCUT2D eigenvalue weighted by Crippen LogP contribution is 2.09. The highest BCUT2D eigenvalue weighted by Gasteiger charge is 2.00. The lowest BCUT2D eigenvalue weighted by Gasteiger charge is -2.06. The van der Waals surface area contributed by atoms with Gasteiger partial charge in [-0.25, -0.2) is 0 Å². The minimum atomic E-state index is -0.519. The molecule has 0 bridgehead atoms. The predicted molar refractivity (Wildman–Crippen MR) is 66.3 cm³/mol. The van der Waals surface area contributed by atoms with Crippen molar-refractivity contribution in [2.45, 2.75) is 44.6 Å². The van der Waals surface area contributed by atoms with Gasteiger partial charge in [0.2, 0.25) is 0 Å². The van der Waals surface area contributed by atoms with Crippen molar-refractivity contribution in [1.29, 1.82) is 0 Å². The molecule has 0 fully saturated rings. The van der Waals surface area contributed by atoms with E-state index in [4.69, 9.17) is 10.2 Å². The molecular formula is C14H22O2. The van der Waals surface area contributed by atoms with Crippen LogP contribution in [-0.4, -0.2) is 22.9 Å². The molecule has 1 atom stereocenters. The van der Waals surface area contributed by atoms with Crippen molar-refractivity contribution < 1.29 is 10.2 Å². The first-order valence-electron chi connectivity index (χ1n) is 6.16. The quantitative estimate of drug-likeness (QED) is 0.664. The van der Waals surface area contributed by atoms with Crippen LogP contribution < -0.4 is 0 Å². The summed E-state index contributed by atoms with van der Waals surface area (Å²) in [7, 11) is 0. The first kappa shape index (κ1) is 13.2. The van der Waals surface area contributed by atoms with Gasteiger partial charge in [0.25, 0.3) is 0 Å². The summed E-state index contributed by atoms with van der Waals surface area (Å²) < 4.78 is 0. The molecule has 16 heavy (non-hydrogen) atoms. The van der Waals surface area contributed by atoms with Gasteiger partial charge in [-0.2, -0.15) is 0 Å². The molecule has 0 heterocycles.